The minimum Gasteiger partial charge on any atom is -0.354 e. The van der Waals surface area contributed by atoms with Crippen LogP contribution in [0.25, 0.3) is 10.9 Å². The van der Waals surface area contributed by atoms with Gasteiger partial charge in [-0.3, -0.25) is 23.5 Å². The van der Waals surface area contributed by atoms with E-state index in [0.717, 1.165) is 20.8 Å². The highest BCUT2D eigenvalue weighted by Crippen LogP contribution is 2.11. The van der Waals surface area contributed by atoms with Gasteiger partial charge >= 0.3 is 5.69 Å². The summed E-state index contributed by atoms with van der Waals surface area (Å²) in [5.74, 6) is -1.59. The van der Waals surface area contributed by atoms with Crippen molar-refractivity contribution < 1.29 is 14.0 Å². The monoisotopic (exact) mass is 474 g/mol. The molecule has 1 aromatic heterocycles. The standard InChI is InChI=1S/C26H23FN4O4/c27-19-9-6-10-20(15-19)29-24(33)17-30-22-12-5-4-11-21(22)25(34)31(26(30)35)16-23(32)28-14-13-18-7-2-1-3-8-18/h1-12,15H,13-14,16-17H2,(H,28,32)(H,29,33). The smallest absolute Gasteiger partial charge is 0.332 e. The molecule has 0 aliphatic heterocycles. The molecule has 0 atom stereocenters. The van der Waals surface area contributed by atoms with Gasteiger partial charge in [0, 0.05) is 12.2 Å². The number of benzene rings is 3. The minimum atomic E-state index is -0.790. The molecule has 178 valence electrons. The van der Waals surface area contributed by atoms with E-state index in [1.165, 1.54) is 24.3 Å². The molecule has 0 radical (unpaired) electrons. The van der Waals surface area contributed by atoms with Gasteiger partial charge in [-0.25, -0.2) is 9.18 Å². The Kier molecular flexibility index (Phi) is 7.15. The van der Waals surface area contributed by atoms with Gasteiger partial charge in [-0.05, 0) is 42.3 Å². The zero-order chi connectivity index (χ0) is 24.8. The molecule has 3 aromatic carbocycles. The second-order valence-electron chi connectivity index (χ2n) is 7.92. The Morgan fingerprint density at radius 1 is 0.800 bits per heavy atom. The Morgan fingerprint density at radius 2 is 1.51 bits per heavy atom. The van der Waals surface area contributed by atoms with Crippen LogP contribution in [-0.4, -0.2) is 27.5 Å². The van der Waals surface area contributed by atoms with Gasteiger partial charge in [0.1, 0.15) is 18.9 Å². The number of nitrogens with one attached hydrogen (secondary N) is 2. The van der Waals surface area contributed by atoms with Crippen molar-refractivity contribution in [2.75, 3.05) is 11.9 Å². The van der Waals surface area contributed by atoms with Crippen molar-refractivity contribution in [3.05, 3.63) is 111 Å². The molecule has 2 amide bonds. The van der Waals surface area contributed by atoms with Crippen molar-refractivity contribution in [2.45, 2.75) is 19.5 Å². The lowest BCUT2D eigenvalue weighted by Gasteiger charge is -2.14. The Morgan fingerprint density at radius 3 is 2.29 bits per heavy atom. The zero-order valence-corrected chi connectivity index (χ0v) is 18.7. The topological polar surface area (TPSA) is 102 Å². The van der Waals surface area contributed by atoms with E-state index >= 15 is 0 Å². The van der Waals surface area contributed by atoms with Gasteiger partial charge in [0.25, 0.3) is 5.56 Å². The molecule has 1 heterocycles. The van der Waals surface area contributed by atoms with E-state index in [1.807, 2.05) is 30.3 Å². The molecule has 0 unspecified atom stereocenters. The zero-order valence-electron chi connectivity index (χ0n) is 18.7. The van der Waals surface area contributed by atoms with Gasteiger partial charge in [0.2, 0.25) is 11.8 Å². The molecule has 4 aromatic rings. The van der Waals surface area contributed by atoms with Crippen molar-refractivity contribution in [2.24, 2.45) is 0 Å². The predicted molar refractivity (Wildman–Crippen MR) is 131 cm³/mol. The molecule has 0 aliphatic rings. The van der Waals surface area contributed by atoms with Crippen LogP contribution in [0.3, 0.4) is 0 Å². The van der Waals surface area contributed by atoms with Crippen molar-refractivity contribution in [1.29, 1.82) is 0 Å². The lowest BCUT2D eigenvalue weighted by atomic mass is 10.1. The summed E-state index contributed by atoms with van der Waals surface area (Å²) >= 11 is 0. The van der Waals surface area contributed by atoms with Crippen LogP contribution in [0.15, 0.2) is 88.5 Å². The third-order valence-corrected chi connectivity index (χ3v) is 5.42. The quantitative estimate of drug-likeness (QED) is 0.409. The summed E-state index contributed by atoms with van der Waals surface area (Å²) in [5.41, 5.74) is 0.130. The fourth-order valence-electron chi connectivity index (χ4n) is 3.76. The maximum atomic E-state index is 13.4. The number of hydrogen-bond donors (Lipinski definition) is 2. The van der Waals surface area contributed by atoms with Gasteiger partial charge in [-0.15, -0.1) is 0 Å². The van der Waals surface area contributed by atoms with Gasteiger partial charge in [0.05, 0.1) is 10.9 Å². The van der Waals surface area contributed by atoms with Crippen LogP contribution >= 0.6 is 0 Å². The lowest BCUT2D eigenvalue weighted by molar-refractivity contribution is -0.121. The average Bonchev–Trinajstić information content (AvgIpc) is 2.85. The van der Waals surface area contributed by atoms with Gasteiger partial charge < -0.3 is 10.6 Å². The summed E-state index contributed by atoms with van der Waals surface area (Å²) in [6.07, 6.45) is 0.601. The van der Waals surface area contributed by atoms with Crippen LogP contribution in [0.4, 0.5) is 10.1 Å². The highest BCUT2D eigenvalue weighted by Gasteiger charge is 2.17. The normalized spacial score (nSPS) is 10.8. The number of aromatic nitrogens is 2. The molecule has 4 rings (SSSR count). The molecule has 35 heavy (non-hydrogen) atoms. The first-order chi connectivity index (χ1) is 16.9. The van der Waals surface area contributed by atoms with Gasteiger partial charge in [-0.2, -0.15) is 0 Å². The summed E-state index contributed by atoms with van der Waals surface area (Å²) in [5, 5.41) is 5.45. The van der Waals surface area contributed by atoms with Crippen molar-refractivity contribution in [3.8, 4) is 0 Å². The predicted octanol–water partition coefficient (Wildman–Crippen LogP) is 2.30. The summed E-state index contributed by atoms with van der Waals surface area (Å²) in [6, 6.07) is 21.3. The van der Waals surface area contributed by atoms with Gasteiger partial charge in [0.15, 0.2) is 0 Å². The first kappa shape index (κ1) is 23.6. The van der Waals surface area contributed by atoms with Gasteiger partial charge in [-0.1, -0.05) is 48.5 Å². The van der Waals surface area contributed by atoms with Crippen LogP contribution in [-0.2, 0) is 29.1 Å². The van der Waals surface area contributed by atoms with E-state index in [-0.39, 0.29) is 16.6 Å². The molecule has 0 aliphatic carbocycles. The van der Waals surface area contributed by atoms with E-state index in [2.05, 4.69) is 10.6 Å². The molecule has 8 nitrogen and oxygen atoms in total. The van der Waals surface area contributed by atoms with E-state index in [9.17, 15) is 23.6 Å². The number of hydrogen-bond acceptors (Lipinski definition) is 4. The lowest BCUT2D eigenvalue weighted by Crippen LogP contribution is -2.45. The fraction of sp³-hybridized carbons (Fsp3) is 0.154. The van der Waals surface area contributed by atoms with E-state index in [0.29, 0.717) is 13.0 Å². The maximum Gasteiger partial charge on any atom is 0.332 e. The summed E-state index contributed by atoms with van der Waals surface area (Å²) < 4.78 is 15.4. The molecule has 0 spiro atoms. The third kappa shape index (κ3) is 5.70. The molecule has 0 fully saturated rings. The number of para-hydroxylation sites is 1. The van der Waals surface area contributed by atoms with Crippen molar-refractivity contribution in [3.63, 3.8) is 0 Å². The number of halogens is 1. The van der Waals surface area contributed by atoms with Crippen LogP contribution in [0, 0.1) is 5.82 Å². The average molecular weight is 474 g/mol. The largest absolute Gasteiger partial charge is 0.354 e. The number of amides is 2. The van der Waals surface area contributed by atoms with E-state index in [1.54, 1.807) is 18.2 Å². The van der Waals surface area contributed by atoms with Crippen LogP contribution in [0.2, 0.25) is 0 Å². The van der Waals surface area contributed by atoms with E-state index in [4.69, 9.17) is 0 Å². The minimum absolute atomic E-state index is 0.197. The Bertz CT molecular complexity index is 1500. The Balaban J connectivity index is 1.56. The number of carbonyl (C=O) groups is 2. The summed E-state index contributed by atoms with van der Waals surface area (Å²) in [4.78, 5) is 51.3. The molecule has 0 saturated carbocycles. The molecular weight excluding hydrogens is 451 g/mol. The van der Waals surface area contributed by atoms with Crippen LogP contribution in [0.1, 0.15) is 5.56 Å². The molecule has 2 N–H and O–H groups in total. The SMILES string of the molecule is O=C(Cn1c(=O)c2ccccc2n(CC(=O)Nc2cccc(F)c2)c1=O)NCCc1ccccc1. The highest BCUT2D eigenvalue weighted by atomic mass is 19.1. The number of fused-ring (bicyclic) bond motifs is 1. The van der Waals surface area contributed by atoms with Crippen LogP contribution in [0.5, 0.6) is 0 Å². The highest BCUT2D eigenvalue weighted by molar-refractivity contribution is 5.91. The second kappa shape index (κ2) is 10.6. The Labute approximate surface area is 199 Å². The number of carbonyl (C=O) groups excluding carboxylic acids is 2. The number of anilines is 1. The summed E-state index contributed by atoms with van der Waals surface area (Å²) in [6.45, 7) is -0.565. The molecular formula is C26H23FN4O4. The first-order valence-electron chi connectivity index (χ1n) is 11.0. The van der Waals surface area contributed by atoms with Crippen molar-refractivity contribution >= 4 is 28.4 Å². The fourth-order valence-corrected chi connectivity index (χ4v) is 3.76. The third-order valence-electron chi connectivity index (χ3n) is 5.42. The van der Waals surface area contributed by atoms with Crippen LogP contribution < -0.4 is 21.9 Å². The molecule has 9 heteroatoms. The summed E-state index contributed by atoms with van der Waals surface area (Å²) in [7, 11) is 0. The van der Waals surface area contributed by atoms with E-state index < -0.39 is 42.0 Å². The molecule has 0 bridgehead atoms. The molecule has 0 saturated heterocycles. The first-order valence-corrected chi connectivity index (χ1v) is 11.0. The number of nitrogens with zero attached hydrogens (tertiary/aromatic N) is 2. The number of rotatable bonds is 8. The van der Waals surface area contributed by atoms with Crippen molar-refractivity contribution in [1.82, 2.24) is 14.5 Å². The maximum absolute atomic E-state index is 13.4. The Hall–Kier alpha value is -4.53. The second-order valence-corrected chi connectivity index (χ2v) is 7.92.